The van der Waals surface area contributed by atoms with E-state index in [0.717, 1.165) is 59.4 Å². The van der Waals surface area contributed by atoms with Crippen molar-refractivity contribution < 1.29 is 23.7 Å². The second-order valence-corrected chi connectivity index (χ2v) is 10.7. The van der Waals surface area contributed by atoms with Crippen molar-refractivity contribution in [3.63, 3.8) is 0 Å². The summed E-state index contributed by atoms with van der Waals surface area (Å²) in [7, 11) is 6.63. The van der Waals surface area contributed by atoms with E-state index in [1.54, 1.807) is 28.4 Å². The Balaban J connectivity index is 1.37. The summed E-state index contributed by atoms with van der Waals surface area (Å²) in [5, 5.41) is 7.01. The molecule has 5 rings (SSSR count). The predicted molar refractivity (Wildman–Crippen MR) is 169 cm³/mol. The van der Waals surface area contributed by atoms with Crippen molar-refractivity contribution in [1.29, 1.82) is 0 Å². The highest BCUT2D eigenvalue weighted by Gasteiger charge is 2.28. The predicted octanol–water partition coefficient (Wildman–Crippen LogP) is 5.93. The Morgan fingerprint density at radius 3 is 2.40 bits per heavy atom. The molecule has 0 fully saturated rings. The van der Waals surface area contributed by atoms with Gasteiger partial charge in [0.25, 0.3) is 0 Å². The van der Waals surface area contributed by atoms with E-state index >= 15 is 0 Å². The van der Waals surface area contributed by atoms with Gasteiger partial charge >= 0.3 is 6.03 Å². The van der Waals surface area contributed by atoms with Crippen LogP contribution >= 0.6 is 0 Å². The molecule has 0 radical (unpaired) electrons. The Hall–Kier alpha value is -4.50. The summed E-state index contributed by atoms with van der Waals surface area (Å²) >= 11 is 0. The number of aryl methyl sites for hydroxylation is 2. The lowest BCUT2D eigenvalue weighted by Gasteiger charge is -2.32. The van der Waals surface area contributed by atoms with Crippen molar-refractivity contribution in [3.05, 3.63) is 83.0 Å². The van der Waals surface area contributed by atoms with Gasteiger partial charge in [0.05, 0.1) is 39.6 Å². The lowest BCUT2D eigenvalue weighted by molar-refractivity contribution is 0.199. The van der Waals surface area contributed by atoms with E-state index in [1.807, 2.05) is 49.4 Å². The molecule has 9 nitrogen and oxygen atoms in total. The van der Waals surface area contributed by atoms with Gasteiger partial charge in [0, 0.05) is 30.2 Å². The van der Waals surface area contributed by atoms with Crippen LogP contribution < -0.4 is 29.6 Å². The summed E-state index contributed by atoms with van der Waals surface area (Å²) in [6.45, 7) is 3.97. The molecular formula is C34H40N4O5. The molecule has 9 heteroatoms. The van der Waals surface area contributed by atoms with Crippen LogP contribution in [-0.4, -0.2) is 64.0 Å². The zero-order valence-electron chi connectivity index (χ0n) is 25.5. The minimum Gasteiger partial charge on any atom is -0.493 e. The lowest BCUT2D eigenvalue weighted by Crippen LogP contribution is -2.39. The average Bonchev–Trinajstić information content (AvgIpc) is 3.18. The molecule has 1 aromatic heterocycles. The highest BCUT2D eigenvalue weighted by Crippen LogP contribution is 2.39. The topological polar surface area (TPSA) is 94.2 Å². The second kappa shape index (κ2) is 13.6. The Kier molecular flexibility index (Phi) is 9.51. The van der Waals surface area contributed by atoms with Crippen molar-refractivity contribution in [2.75, 3.05) is 53.4 Å². The number of carbonyl (C=O) groups is 1. The highest BCUT2D eigenvalue weighted by atomic mass is 16.5. The number of aromatic nitrogens is 1. The number of anilines is 1. The number of methoxy groups -OCH3 is 4. The van der Waals surface area contributed by atoms with E-state index in [-0.39, 0.29) is 12.1 Å². The maximum atomic E-state index is 13.0. The first-order valence-corrected chi connectivity index (χ1v) is 14.5. The molecule has 4 aromatic rings. The molecule has 0 aliphatic carbocycles. The number of hydrogen-bond acceptors (Lipinski definition) is 7. The fourth-order valence-corrected chi connectivity index (χ4v) is 5.92. The van der Waals surface area contributed by atoms with Gasteiger partial charge in [-0.3, -0.25) is 9.88 Å². The molecule has 2 N–H and O–H groups in total. The van der Waals surface area contributed by atoms with Crippen LogP contribution in [0.5, 0.6) is 23.0 Å². The summed E-state index contributed by atoms with van der Waals surface area (Å²) in [6, 6.07) is 19.8. The molecule has 0 bridgehead atoms. The van der Waals surface area contributed by atoms with Crippen LogP contribution in [0.1, 0.15) is 34.8 Å². The van der Waals surface area contributed by atoms with Gasteiger partial charge in [0.15, 0.2) is 23.0 Å². The maximum Gasteiger partial charge on any atom is 0.319 e. The van der Waals surface area contributed by atoms with Crippen molar-refractivity contribution in [1.82, 2.24) is 15.2 Å². The van der Waals surface area contributed by atoms with Gasteiger partial charge in [-0.1, -0.05) is 24.3 Å². The molecule has 43 heavy (non-hydrogen) atoms. The lowest BCUT2D eigenvalue weighted by atomic mass is 9.92. The Labute approximate surface area is 253 Å². The van der Waals surface area contributed by atoms with Crippen LogP contribution in [0.4, 0.5) is 10.5 Å². The first-order valence-electron chi connectivity index (χ1n) is 14.5. The number of rotatable bonds is 10. The van der Waals surface area contributed by atoms with E-state index in [1.165, 1.54) is 11.1 Å². The number of fused-ring (bicyclic) bond motifs is 2. The van der Waals surface area contributed by atoms with Crippen LogP contribution in [0.2, 0.25) is 0 Å². The number of pyridine rings is 1. The fourth-order valence-electron chi connectivity index (χ4n) is 5.92. The Morgan fingerprint density at radius 2 is 1.63 bits per heavy atom. The van der Waals surface area contributed by atoms with Crippen molar-refractivity contribution >= 4 is 22.6 Å². The number of para-hydroxylation sites is 1. The van der Waals surface area contributed by atoms with Gasteiger partial charge in [0.1, 0.15) is 0 Å². The number of carbonyl (C=O) groups excluding carboxylic acids is 1. The van der Waals surface area contributed by atoms with Crippen LogP contribution in [-0.2, 0) is 12.8 Å². The molecule has 2 amide bonds. The number of hydrogen-bond donors (Lipinski definition) is 2. The Morgan fingerprint density at radius 1 is 0.907 bits per heavy atom. The third kappa shape index (κ3) is 6.78. The minimum absolute atomic E-state index is 0.0482. The molecule has 1 aliphatic rings. The van der Waals surface area contributed by atoms with Crippen molar-refractivity contribution in [2.45, 2.75) is 32.2 Å². The van der Waals surface area contributed by atoms with Gasteiger partial charge in [-0.25, -0.2) is 4.79 Å². The monoisotopic (exact) mass is 584 g/mol. The molecule has 3 aromatic carbocycles. The molecular weight excluding hydrogens is 544 g/mol. The van der Waals surface area contributed by atoms with Crippen molar-refractivity contribution in [3.8, 4) is 23.0 Å². The van der Waals surface area contributed by atoms with Crippen LogP contribution in [0.3, 0.4) is 0 Å². The summed E-state index contributed by atoms with van der Waals surface area (Å²) in [5.41, 5.74) is 6.02. The SMILES string of the molecule is COc1ccc(CC2c3cc(OC)c(OC)cc3CCCN2CCNC(=O)Nc2cc(C)nc3ccccc23)cc1OC. The summed E-state index contributed by atoms with van der Waals surface area (Å²) in [6.07, 6.45) is 2.66. The molecule has 226 valence electrons. The zero-order chi connectivity index (χ0) is 30.3. The third-order valence-electron chi connectivity index (χ3n) is 7.99. The summed E-state index contributed by atoms with van der Waals surface area (Å²) in [4.78, 5) is 20.0. The normalized spacial score (nSPS) is 14.9. The van der Waals surface area contributed by atoms with E-state index < -0.39 is 0 Å². The van der Waals surface area contributed by atoms with Crippen LogP contribution in [0.25, 0.3) is 10.9 Å². The molecule has 1 aliphatic heterocycles. The van der Waals surface area contributed by atoms with E-state index in [0.29, 0.717) is 30.3 Å². The van der Waals surface area contributed by atoms with Gasteiger partial charge < -0.3 is 29.6 Å². The molecule has 2 heterocycles. The standard InChI is InChI=1S/C34H40N4O5/c1-22-17-28(25-10-6-7-11-27(25)36-22)37-34(39)35-14-16-38-15-8-9-24-20-32(42-4)33(43-5)21-26(24)29(38)18-23-12-13-30(40-2)31(19-23)41-3/h6-7,10-13,17,19-21,29H,8-9,14-16,18H2,1-5H3,(H2,35,36,37,39). The smallest absolute Gasteiger partial charge is 0.319 e. The Bertz CT molecular complexity index is 1590. The molecule has 0 saturated carbocycles. The van der Waals surface area contributed by atoms with Gasteiger partial charge in [-0.2, -0.15) is 0 Å². The second-order valence-electron chi connectivity index (χ2n) is 10.7. The van der Waals surface area contributed by atoms with E-state index in [4.69, 9.17) is 18.9 Å². The highest BCUT2D eigenvalue weighted by molar-refractivity contribution is 6.00. The number of amides is 2. The largest absolute Gasteiger partial charge is 0.493 e. The number of benzene rings is 3. The van der Waals surface area contributed by atoms with Gasteiger partial charge in [-0.15, -0.1) is 0 Å². The number of nitrogens with zero attached hydrogens (tertiary/aromatic N) is 2. The first-order chi connectivity index (χ1) is 20.9. The quantitative estimate of drug-likeness (QED) is 0.239. The number of nitrogens with one attached hydrogen (secondary N) is 2. The molecule has 1 unspecified atom stereocenters. The molecule has 0 spiro atoms. The van der Waals surface area contributed by atoms with Crippen LogP contribution in [0, 0.1) is 6.92 Å². The zero-order valence-corrected chi connectivity index (χ0v) is 25.5. The molecule has 0 saturated heterocycles. The van der Waals surface area contributed by atoms with E-state index in [2.05, 4.69) is 38.7 Å². The van der Waals surface area contributed by atoms with Crippen LogP contribution in [0.15, 0.2) is 60.7 Å². The van der Waals surface area contributed by atoms with Gasteiger partial charge in [0.2, 0.25) is 0 Å². The number of urea groups is 1. The summed E-state index contributed by atoms with van der Waals surface area (Å²) < 4.78 is 22.4. The average molecular weight is 585 g/mol. The number of ether oxygens (including phenoxy) is 4. The molecule has 1 atom stereocenters. The minimum atomic E-state index is -0.242. The summed E-state index contributed by atoms with van der Waals surface area (Å²) in [5.74, 6) is 2.84. The maximum absolute atomic E-state index is 13.0. The van der Waals surface area contributed by atoms with E-state index in [9.17, 15) is 4.79 Å². The van der Waals surface area contributed by atoms with Gasteiger partial charge in [-0.05, 0) is 85.8 Å². The third-order valence-corrected chi connectivity index (χ3v) is 7.99. The fraction of sp³-hybridized carbons (Fsp3) is 0.353. The van der Waals surface area contributed by atoms with Crippen molar-refractivity contribution in [2.24, 2.45) is 0 Å². The first kappa shape index (κ1) is 30.0.